The number of likely N-dealkylation sites (N-methyl/N-ethyl adjacent to an activating group) is 1. The number of hydrogen-bond acceptors (Lipinski definition) is 3. The molecule has 108 valence electrons. The van der Waals surface area contributed by atoms with Crippen molar-refractivity contribution in [3.63, 3.8) is 0 Å². The smallest absolute Gasteiger partial charge is 0.316 e. The van der Waals surface area contributed by atoms with Gasteiger partial charge in [0, 0.05) is 22.0 Å². The van der Waals surface area contributed by atoms with E-state index in [1.165, 1.54) is 25.1 Å². The monoisotopic (exact) mass is 356 g/mol. The Kier molecular flexibility index (Phi) is 6.65. The lowest BCUT2D eigenvalue weighted by molar-refractivity contribution is -0.138. The van der Waals surface area contributed by atoms with Crippen molar-refractivity contribution in [3.05, 3.63) is 28.2 Å². The van der Waals surface area contributed by atoms with Crippen LogP contribution in [0.15, 0.2) is 27.6 Å². The maximum absolute atomic E-state index is 12.2. The molecule has 0 radical (unpaired) electrons. The minimum atomic E-state index is -4.32. The van der Waals surface area contributed by atoms with E-state index in [9.17, 15) is 13.2 Å². The first-order valence-corrected chi connectivity index (χ1v) is 7.02. The van der Waals surface area contributed by atoms with Crippen LogP contribution in [0, 0.1) is 0 Å². The van der Waals surface area contributed by atoms with Gasteiger partial charge in [0.2, 0.25) is 0 Å². The van der Waals surface area contributed by atoms with Gasteiger partial charge in [-0.1, -0.05) is 15.9 Å². The highest BCUT2D eigenvalue weighted by atomic mass is 79.9. The first-order chi connectivity index (χ1) is 8.84. The zero-order valence-electron chi connectivity index (χ0n) is 10.4. The summed E-state index contributed by atoms with van der Waals surface area (Å²) in [5.74, 6) is 0. The molecule has 1 saturated heterocycles. The Hall–Kier alpha value is -0.240. The maximum atomic E-state index is 12.2. The van der Waals surface area contributed by atoms with Gasteiger partial charge in [0.1, 0.15) is 0 Å². The Morgan fingerprint density at radius 2 is 2.11 bits per heavy atom. The van der Waals surface area contributed by atoms with Crippen molar-refractivity contribution in [2.75, 3.05) is 20.1 Å². The van der Waals surface area contributed by atoms with E-state index < -0.39 is 11.7 Å². The van der Waals surface area contributed by atoms with Crippen LogP contribution < -0.4 is 10.6 Å². The predicted molar refractivity (Wildman–Crippen MR) is 76.7 cm³/mol. The molecule has 1 unspecified atom stereocenters. The second kappa shape index (κ2) is 7.52. The van der Waals surface area contributed by atoms with Crippen LogP contribution in [0.2, 0.25) is 0 Å². The minimum absolute atomic E-state index is 0.0350. The van der Waals surface area contributed by atoms with Crippen molar-refractivity contribution < 1.29 is 13.2 Å². The number of hydrogen-bond donors (Lipinski definition) is 3. The Balaban J connectivity index is 0.000000218. The van der Waals surface area contributed by atoms with Crippen molar-refractivity contribution >= 4 is 28.6 Å². The topological polar surface area (TPSA) is 24.1 Å². The van der Waals surface area contributed by atoms with Gasteiger partial charge in [0.05, 0.1) is 5.56 Å². The largest absolute Gasteiger partial charge is 0.417 e. The fourth-order valence-corrected chi connectivity index (χ4v) is 2.31. The number of benzene rings is 1. The third kappa shape index (κ3) is 5.72. The highest BCUT2D eigenvalue weighted by Crippen LogP contribution is 2.35. The maximum Gasteiger partial charge on any atom is 0.417 e. The van der Waals surface area contributed by atoms with Crippen LogP contribution in [0.1, 0.15) is 12.0 Å². The summed E-state index contributed by atoms with van der Waals surface area (Å²) in [6, 6.07) is 4.53. The highest BCUT2D eigenvalue weighted by Gasteiger charge is 2.32. The number of halogens is 4. The van der Waals surface area contributed by atoms with Crippen LogP contribution in [-0.4, -0.2) is 26.2 Å². The van der Waals surface area contributed by atoms with Crippen molar-refractivity contribution in [3.8, 4) is 0 Å². The molecule has 1 fully saturated rings. The normalized spacial score (nSPS) is 18.9. The first kappa shape index (κ1) is 16.8. The summed E-state index contributed by atoms with van der Waals surface area (Å²) in [4.78, 5) is 0.297. The average molecular weight is 357 g/mol. The van der Waals surface area contributed by atoms with Crippen molar-refractivity contribution in [2.45, 2.75) is 23.5 Å². The second-order valence-corrected chi connectivity index (χ2v) is 5.51. The van der Waals surface area contributed by atoms with Crippen LogP contribution in [-0.2, 0) is 6.18 Å². The molecule has 1 aliphatic heterocycles. The van der Waals surface area contributed by atoms with Gasteiger partial charge in [-0.05, 0) is 38.2 Å². The molecular weight excluding hydrogens is 341 g/mol. The quantitative estimate of drug-likeness (QED) is 0.672. The molecule has 2 N–H and O–H groups in total. The van der Waals surface area contributed by atoms with E-state index in [2.05, 4.69) is 39.2 Å². The van der Waals surface area contributed by atoms with Gasteiger partial charge in [-0.3, -0.25) is 0 Å². The van der Waals surface area contributed by atoms with E-state index in [0.29, 0.717) is 4.90 Å². The van der Waals surface area contributed by atoms with Crippen LogP contribution in [0.4, 0.5) is 13.2 Å². The average Bonchev–Trinajstić information content (AvgIpc) is 2.85. The molecule has 2 nitrogen and oxygen atoms in total. The van der Waals surface area contributed by atoms with Gasteiger partial charge in [-0.2, -0.15) is 13.2 Å². The summed E-state index contributed by atoms with van der Waals surface area (Å²) in [6.45, 7) is 2.34. The molecule has 7 heteroatoms. The van der Waals surface area contributed by atoms with Crippen molar-refractivity contribution in [2.24, 2.45) is 0 Å². The molecule has 1 aliphatic rings. The third-order valence-electron chi connectivity index (χ3n) is 2.72. The molecule has 19 heavy (non-hydrogen) atoms. The SMILES string of the molecule is CNC1CCNC1.FC(F)(F)c1cc(S)ccc1Br. The summed E-state index contributed by atoms with van der Waals surface area (Å²) in [7, 11) is 2.01. The summed E-state index contributed by atoms with van der Waals surface area (Å²) in [5, 5.41) is 6.46. The Labute approximate surface area is 124 Å². The lowest BCUT2D eigenvalue weighted by atomic mass is 10.2. The van der Waals surface area contributed by atoms with Crippen molar-refractivity contribution in [1.29, 1.82) is 0 Å². The minimum Gasteiger partial charge on any atom is -0.316 e. The molecule has 0 spiro atoms. The number of nitrogens with one attached hydrogen (secondary N) is 2. The van der Waals surface area contributed by atoms with E-state index in [1.54, 1.807) is 0 Å². The molecule has 1 aromatic carbocycles. The van der Waals surface area contributed by atoms with E-state index in [4.69, 9.17) is 0 Å². The van der Waals surface area contributed by atoms with Crippen LogP contribution in [0.5, 0.6) is 0 Å². The van der Waals surface area contributed by atoms with Crippen LogP contribution in [0.3, 0.4) is 0 Å². The Morgan fingerprint density at radius 1 is 1.42 bits per heavy atom. The Morgan fingerprint density at radius 3 is 2.47 bits per heavy atom. The molecule has 0 bridgehead atoms. The molecule has 0 aliphatic carbocycles. The summed E-state index contributed by atoms with van der Waals surface area (Å²) in [5.41, 5.74) is -0.699. The third-order valence-corrected chi connectivity index (χ3v) is 3.69. The number of alkyl halides is 3. The van der Waals surface area contributed by atoms with Crippen LogP contribution in [0.25, 0.3) is 0 Å². The zero-order valence-corrected chi connectivity index (χ0v) is 12.9. The molecule has 1 heterocycles. The Bertz CT molecular complexity index is 406. The summed E-state index contributed by atoms with van der Waals surface area (Å²) < 4.78 is 36.5. The van der Waals surface area contributed by atoms with E-state index >= 15 is 0 Å². The standard InChI is InChI=1S/C7H4BrF3S.C5H12N2/c8-6-2-1-4(12)3-5(6)7(9,10)11;1-6-5-2-3-7-4-5/h1-3,12H;5-7H,2-4H2,1H3. The molecule has 0 aromatic heterocycles. The molecule has 0 saturated carbocycles. The summed E-state index contributed by atoms with van der Waals surface area (Å²) in [6.07, 6.45) is -3.03. The molecule has 2 rings (SSSR count). The second-order valence-electron chi connectivity index (χ2n) is 4.14. The van der Waals surface area contributed by atoms with Gasteiger partial charge >= 0.3 is 6.18 Å². The fraction of sp³-hybridized carbons (Fsp3) is 0.500. The van der Waals surface area contributed by atoms with Gasteiger partial charge in [-0.15, -0.1) is 12.6 Å². The fourth-order valence-electron chi connectivity index (χ4n) is 1.63. The molecule has 1 aromatic rings. The van der Waals surface area contributed by atoms with Crippen LogP contribution >= 0.6 is 28.6 Å². The van der Waals surface area contributed by atoms with Gasteiger partial charge in [0.25, 0.3) is 0 Å². The zero-order chi connectivity index (χ0) is 14.5. The molecular formula is C12H16BrF3N2S. The number of thiol groups is 1. The molecule has 1 atom stereocenters. The highest BCUT2D eigenvalue weighted by molar-refractivity contribution is 9.10. The lowest BCUT2D eigenvalue weighted by Crippen LogP contribution is -2.26. The van der Waals surface area contributed by atoms with Crippen molar-refractivity contribution in [1.82, 2.24) is 10.6 Å². The van der Waals surface area contributed by atoms with E-state index in [-0.39, 0.29) is 4.47 Å². The predicted octanol–water partition coefficient (Wildman–Crippen LogP) is 3.32. The first-order valence-electron chi connectivity index (χ1n) is 5.78. The summed E-state index contributed by atoms with van der Waals surface area (Å²) >= 11 is 6.62. The van der Waals surface area contributed by atoms with E-state index in [0.717, 1.165) is 18.7 Å². The lowest BCUT2D eigenvalue weighted by Gasteiger charge is -2.08. The van der Waals surface area contributed by atoms with E-state index in [1.807, 2.05) is 7.05 Å². The van der Waals surface area contributed by atoms with Gasteiger partial charge in [0.15, 0.2) is 0 Å². The molecule has 0 amide bonds. The number of rotatable bonds is 1. The van der Waals surface area contributed by atoms with Gasteiger partial charge in [-0.25, -0.2) is 0 Å². The van der Waals surface area contributed by atoms with Gasteiger partial charge < -0.3 is 10.6 Å².